The number of methoxy groups -OCH3 is 3. The van der Waals surface area contributed by atoms with Gasteiger partial charge in [0.25, 0.3) is 0 Å². The molecule has 1 aromatic carbocycles. The minimum absolute atomic E-state index is 0.182. The zero-order valence-electron chi connectivity index (χ0n) is 12.1. The lowest BCUT2D eigenvalue weighted by Crippen LogP contribution is -2.08. The fourth-order valence-electron chi connectivity index (χ4n) is 1.65. The van der Waals surface area contributed by atoms with Crippen molar-refractivity contribution in [3.05, 3.63) is 22.2 Å². The van der Waals surface area contributed by atoms with E-state index in [4.69, 9.17) is 9.47 Å². The van der Waals surface area contributed by atoms with Crippen molar-refractivity contribution in [2.75, 3.05) is 21.3 Å². The second kappa shape index (κ2) is 8.42. The van der Waals surface area contributed by atoms with Gasteiger partial charge in [0.05, 0.1) is 32.2 Å². The summed E-state index contributed by atoms with van der Waals surface area (Å²) in [5, 5.41) is 0.182. The van der Waals surface area contributed by atoms with E-state index in [0.717, 1.165) is 27.3 Å². The number of thioether (sulfide) groups is 1. The van der Waals surface area contributed by atoms with Gasteiger partial charge in [0, 0.05) is 16.6 Å². The number of halogens is 1. The van der Waals surface area contributed by atoms with Crippen LogP contribution in [-0.2, 0) is 15.3 Å². The third kappa shape index (κ3) is 4.90. The average molecular weight is 363 g/mol. The Bertz CT molecular complexity index is 465. The zero-order valence-corrected chi connectivity index (χ0v) is 14.5. The molecule has 20 heavy (non-hydrogen) atoms. The fourth-order valence-corrected chi connectivity index (χ4v) is 3.07. The maximum Gasteiger partial charge on any atom is 0.306 e. The number of carbonyl (C=O) groups is 1. The van der Waals surface area contributed by atoms with Gasteiger partial charge < -0.3 is 14.2 Å². The number of hydrogen-bond donors (Lipinski definition) is 0. The van der Waals surface area contributed by atoms with Gasteiger partial charge in [-0.1, -0.05) is 6.92 Å². The van der Waals surface area contributed by atoms with Gasteiger partial charge in [-0.2, -0.15) is 11.8 Å². The Morgan fingerprint density at radius 1 is 1.25 bits per heavy atom. The minimum Gasteiger partial charge on any atom is -0.496 e. The number of carbonyl (C=O) groups excluding carboxylic acids is 1. The van der Waals surface area contributed by atoms with Crippen molar-refractivity contribution >= 4 is 33.7 Å². The molecule has 0 saturated carbocycles. The summed E-state index contributed by atoms with van der Waals surface area (Å²) in [6.07, 6.45) is 0.400. The van der Waals surface area contributed by atoms with Crippen molar-refractivity contribution in [3.8, 4) is 11.5 Å². The van der Waals surface area contributed by atoms with Gasteiger partial charge in [0.15, 0.2) is 0 Å². The SMILES string of the molecule is COC(=O)CC(C)SCc1cc(OC)c(Br)cc1OC. The Labute approximate surface area is 132 Å². The van der Waals surface area contributed by atoms with Crippen LogP contribution >= 0.6 is 27.7 Å². The number of hydrogen-bond acceptors (Lipinski definition) is 5. The molecule has 0 aliphatic carbocycles. The summed E-state index contributed by atoms with van der Waals surface area (Å²) in [5.41, 5.74) is 1.04. The molecule has 6 heteroatoms. The molecule has 1 aromatic rings. The van der Waals surface area contributed by atoms with E-state index in [2.05, 4.69) is 20.7 Å². The quantitative estimate of drug-likeness (QED) is 0.692. The molecule has 1 unspecified atom stereocenters. The second-order valence-electron chi connectivity index (χ2n) is 4.20. The molecule has 0 heterocycles. The molecule has 0 N–H and O–H groups in total. The van der Waals surface area contributed by atoms with Crippen LogP contribution in [0.2, 0.25) is 0 Å². The van der Waals surface area contributed by atoms with Crippen LogP contribution in [0.25, 0.3) is 0 Å². The minimum atomic E-state index is -0.189. The van der Waals surface area contributed by atoms with E-state index in [1.54, 1.807) is 26.0 Å². The van der Waals surface area contributed by atoms with E-state index in [1.165, 1.54) is 7.11 Å². The predicted molar refractivity (Wildman–Crippen MR) is 84.6 cm³/mol. The predicted octanol–water partition coefficient (Wildman–Crippen LogP) is 3.65. The molecule has 0 aliphatic rings. The van der Waals surface area contributed by atoms with Gasteiger partial charge in [0.2, 0.25) is 0 Å². The Kier molecular flexibility index (Phi) is 7.23. The first-order chi connectivity index (χ1) is 9.51. The smallest absolute Gasteiger partial charge is 0.306 e. The van der Waals surface area contributed by atoms with Crippen LogP contribution in [0.15, 0.2) is 16.6 Å². The van der Waals surface area contributed by atoms with E-state index in [0.29, 0.717) is 6.42 Å². The van der Waals surface area contributed by atoms with Crippen LogP contribution in [0.3, 0.4) is 0 Å². The van der Waals surface area contributed by atoms with Gasteiger partial charge in [-0.3, -0.25) is 4.79 Å². The summed E-state index contributed by atoms with van der Waals surface area (Å²) >= 11 is 5.11. The molecule has 0 spiro atoms. The monoisotopic (exact) mass is 362 g/mol. The first-order valence-corrected chi connectivity index (χ1v) is 7.94. The lowest BCUT2D eigenvalue weighted by molar-refractivity contribution is -0.140. The van der Waals surface area contributed by atoms with E-state index in [9.17, 15) is 4.79 Å². The summed E-state index contributed by atoms with van der Waals surface area (Å²) in [6.45, 7) is 2.00. The third-order valence-corrected chi connectivity index (χ3v) is 4.59. The Balaban J connectivity index is 2.73. The topological polar surface area (TPSA) is 44.8 Å². The molecule has 112 valence electrons. The Morgan fingerprint density at radius 3 is 2.45 bits per heavy atom. The highest BCUT2D eigenvalue weighted by Gasteiger charge is 2.13. The number of rotatable bonds is 7. The van der Waals surface area contributed by atoms with Crippen LogP contribution in [0.4, 0.5) is 0 Å². The van der Waals surface area contributed by atoms with Crippen LogP contribution in [0.5, 0.6) is 11.5 Å². The lowest BCUT2D eigenvalue weighted by Gasteiger charge is -2.14. The molecule has 0 bridgehead atoms. The van der Waals surface area contributed by atoms with Crippen molar-refractivity contribution in [2.45, 2.75) is 24.3 Å². The molecule has 4 nitrogen and oxygen atoms in total. The highest BCUT2D eigenvalue weighted by atomic mass is 79.9. The Hall–Kier alpha value is -0.880. The van der Waals surface area contributed by atoms with Crippen LogP contribution in [-0.4, -0.2) is 32.5 Å². The molecule has 0 aromatic heterocycles. The van der Waals surface area contributed by atoms with E-state index >= 15 is 0 Å². The Morgan fingerprint density at radius 2 is 1.90 bits per heavy atom. The summed E-state index contributed by atoms with van der Waals surface area (Å²) in [6, 6.07) is 3.83. The molecule has 0 fully saturated rings. The second-order valence-corrected chi connectivity index (χ2v) is 6.48. The third-order valence-electron chi connectivity index (χ3n) is 2.76. The molecular formula is C14H19BrO4S. The van der Waals surface area contributed by atoms with Gasteiger partial charge >= 0.3 is 5.97 Å². The molecule has 0 amide bonds. The fraction of sp³-hybridized carbons (Fsp3) is 0.500. The molecule has 1 atom stereocenters. The number of esters is 1. The summed E-state index contributed by atoms with van der Waals surface area (Å²) < 4.78 is 16.2. The zero-order chi connectivity index (χ0) is 15.1. The molecule has 1 rings (SSSR count). The van der Waals surface area contributed by atoms with E-state index in [1.807, 2.05) is 19.1 Å². The van der Waals surface area contributed by atoms with E-state index in [-0.39, 0.29) is 11.2 Å². The molecule has 0 aliphatic heterocycles. The van der Waals surface area contributed by atoms with Gasteiger partial charge in [-0.25, -0.2) is 0 Å². The van der Waals surface area contributed by atoms with Crippen molar-refractivity contribution in [1.29, 1.82) is 0 Å². The summed E-state index contributed by atoms with van der Waals surface area (Å²) in [4.78, 5) is 11.2. The highest BCUT2D eigenvalue weighted by Crippen LogP contribution is 2.35. The van der Waals surface area contributed by atoms with E-state index < -0.39 is 0 Å². The average Bonchev–Trinajstić information content (AvgIpc) is 2.45. The number of benzene rings is 1. The van der Waals surface area contributed by atoms with Crippen molar-refractivity contribution in [3.63, 3.8) is 0 Å². The highest BCUT2D eigenvalue weighted by molar-refractivity contribution is 9.10. The maximum absolute atomic E-state index is 11.2. The van der Waals surface area contributed by atoms with Gasteiger partial charge in [-0.15, -0.1) is 0 Å². The molecule has 0 saturated heterocycles. The summed E-state index contributed by atoms with van der Waals surface area (Å²) in [7, 11) is 4.67. The van der Waals surface area contributed by atoms with Crippen molar-refractivity contribution < 1.29 is 19.0 Å². The van der Waals surface area contributed by atoms with Crippen molar-refractivity contribution in [2.24, 2.45) is 0 Å². The lowest BCUT2D eigenvalue weighted by atomic mass is 10.2. The normalized spacial score (nSPS) is 11.8. The van der Waals surface area contributed by atoms with Crippen molar-refractivity contribution in [1.82, 2.24) is 0 Å². The van der Waals surface area contributed by atoms with Crippen LogP contribution in [0.1, 0.15) is 18.9 Å². The maximum atomic E-state index is 11.2. The van der Waals surface area contributed by atoms with Crippen LogP contribution < -0.4 is 9.47 Å². The number of ether oxygens (including phenoxy) is 3. The first kappa shape index (κ1) is 17.2. The molecular weight excluding hydrogens is 344 g/mol. The largest absolute Gasteiger partial charge is 0.496 e. The molecule has 0 radical (unpaired) electrons. The first-order valence-electron chi connectivity index (χ1n) is 6.10. The van der Waals surface area contributed by atoms with Gasteiger partial charge in [-0.05, 0) is 28.1 Å². The standard InChI is InChI=1S/C14H19BrO4S/c1-9(5-14(16)19-4)20-8-10-6-13(18-3)11(15)7-12(10)17-2/h6-7,9H,5,8H2,1-4H3. The van der Waals surface area contributed by atoms with Gasteiger partial charge in [0.1, 0.15) is 11.5 Å². The van der Waals surface area contributed by atoms with Crippen LogP contribution in [0, 0.1) is 0 Å². The summed E-state index contributed by atoms with van der Waals surface area (Å²) in [5.74, 6) is 2.12.